The second-order valence-corrected chi connectivity index (χ2v) is 9.01. The van der Waals surface area contributed by atoms with E-state index in [0.717, 1.165) is 5.57 Å². The molecule has 0 amide bonds. The fraction of sp³-hybridized carbons (Fsp3) is 0.333. The van der Waals surface area contributed by atoms with E-state index in [9.17, 15) is 19.8 Å². The summed E-state index contributed by atoms with van der Waals surface area (Å²) in [4.78, 5) is 25.1. The zero-order valence-electron chi connectivity index (χ0n) is 21.5. The molecule has 0 fully saturated rings. The summed E-state index contributed by atoms with van der Waals surface area (Å²) in [5.74, 6) is 0.381. The molecule has 0 unspecified atom stereocenters. The lowest BCUT2D eigenvalue weighted by Crippen LogP contribution is -2.22. The molecular weight excluding hydrogens is 521 g/mol. The number of fused-ring (bicyclic) bond motifs is 1. The standard InChI is InChI=1S/C15H16O4.C12H16ClNO3.ClH/c1-8(2)4-5-10-11(16)7-13-14(15(10)18)12(17)6-9(3)19-13;1-14(2)7-8-16-12(15)9-17-11-5-3-10(13)4-6-11;/h4,6-7,16,18H,5H2,1-3H3;3-6H,7-9H2,1-2H3;1H. The van der Waals surface area contributed by atoms with Crippen LogP contribution in [-0.2, 0) is 16.0 Å². The molecule has 0 aliphatic carbocycles. The molecule has 0 aliphatic heterocycles. The number of carbonyl (C=O) groups is 1. The summed E-state index contributed by atoms with van der Waals surface area (Å²) in [7, 11) is 3.83. The average Bonchev–Trinajstić information content (AvgIpc) is 2.78. The number of halogens is 2. The monoisotopic (exact) mass is 553 g/mol. The number of hydrogen-bond donors (Lipinski definition) is 2. The highest BCUT2D eigenvalue weighted by Crippen LogP contribution is 2.34. The summed E-state index contributed by atoms with van der Waals surface area (Å²) < 4.78 is 15.5. The minimum Gasteiger partial charge on any atom is -0.507 e. The first kappa shape index (κ1) is 31.8. The molecule has 0 saturated heterocycles. The Labute approximate surface area is 227 Å². The second kappa shape index (κ2) is 15.1. The summed E-state index contributed by atoms with van der Waals surface area (Å²) in [5.41, 5.74) is 1.29. The molecule has 0 aliphatic rings. The molecule has 3 rings (SSSR count). The molecule has 1 aromatic heterocycles. The zero-order valence-corrected chi connectivity index (χ0v) is 23.1. The number of aromatic hydroxyl groups is 2. The average molecular weight is 554 g/mol. The highest BCUT2D eigenvalue weighted by atomic mass is 35.5. The van der Waals surface area contributed by atoms with Gasteiger partial charge in [-0.3, -0.25) is 4.79 Å². The molecule has 0 bridgehead atoms. The van der Waals surface area contributed by atoms with Gasteiger partial charge in [-0.25, -0.2) is 4.79 Å². The number of benzene rings is 2. The van der Waals surface area contributed by atoms with Crippen LogP contribution in [0.1, 0.15) is 25.2 Å². The van der Waals surface area contributed by atoms with Gasteiger partial charge in [-0.05, 0) is 65.6 Å². The van der Waals surface area contributed by atoms with Crippen LogP contribution in [0.2, 0.25) is 5.02 Å². The third-order valence-corrected chi connectivity index (χ3v) is 5.14. The number of carbonyl (C=O) groups excluding carboxylic acids is 1. The van der Waals surface area contributed by atoms with Crippen molar-refractivity contribution in [3.8, 4) is 17.2 Å². The highest BCUT2D eigenvalue weighted by Gasteiger charge is 2.16. The van der Waals surface area contributed by atoms with E-state index in [2.05, 4.69) is 0 Å². The van der Waals surface area contributed by atoms with Crippen LogP contribution in [-0.4, -0.2) is 54.9 Å². The molecule has 0 saturated carbocycles. The van der Waals surface area contributed by atoms with E-state index in [0.29, 0.717) is 41.7 Å². The van der Waals surface area contributed by atoms with Crippen LogP contribution in [0, 0.1) is 6.92 Å². The summed E-state index contributed by atoms with van der Waals surface area (Å²) in [6.07, 6.45) is 2.24. The number of rotatable bonds is 8. The molecular formula is C27H33Cl2NO7. The predicted molar refractivity (Wildman–Crippen MR) is 147 cm³/mol. The number of aryl methyl sites for hydroxylation is 1. The summed E-state index contributed by atoms with van der Waals surface area (Å²) in [6, 6.07) is 9.51. The number of allylic oxidation sites excluding steroid dienone is 2. The molecule has 1 heterocycles. The lowest BCUT2D eigenvalue weighted by atomic mass is 10.0. The molecule has 2 aromatic carbocycles. The van der Waals surface area contributed by atoms with Gasteiger partial charge < -0.3 is 29.0 Å². The quantitative estimate of drug-likeness (QED) is 0.287. The number of phenols is 2. The maximum Gasteiger partial charge on any atom is 0.344 e. The maximum atomic E-state index is 11.9. The van der Waals surface area contributed by atoms with Gasteiger partial charge in [0.1, 0.15) is 40.6 Å². The van der Waals surface area contributed by atoms with Gasteiger partial charge in [0.25, 0.3) is 0 Å². The Balaban J connectivity index is 0.000000363. The highest BCUT2D eigenvalue weighted by molar-refractivity contribution is 6.30. The van der Waals surface area contributed by atoms with Crippen molar-refractivity contribution in [3.05, 3.63) is 74.6 Å². The number of ether oxygens (including phenoxy) is 2. The van der Waals surface area contributed by atoms with Gasteiger partial charge in [0.05, 0.1) is 0 Å². The van der Waals surface area contributed by atoms with Crippen molar-refractivity contribution >= 4 is 40.9 Å². The van der Waals surface area contributed by atoms with Gasteiger partial charge >= 0.3 is 5.97 Å². The van der Waals surface area contributed by atoms with Crippen LogP contribution < -0.4 is 10.2 Å². The molecule has 10 heteroatoms. The normalized spacial score (nSPS) is 10.2. The summed E-state index contributed by atoms with van der Waals surface area (Å²) >= 11 is 5.72. The fourth-order valence-corrected chi connectivity index (χ4v) is 3.14. The molecule has 0 atom stereocenters. The Morgan fingerprint density at radius 1 is 1.14 bits per heavy atom. The van der Waals surface area contributed by atoms with Crippen molar-refractivity contribution in [2.45, 2.75) is 27.2 Å². The van der Waals surface area contributed by atoms with Gasteiger partial charge in [-0.1, -0.05) is 23.3 Å². The first-order valence-corrected chi connectivity index (χ1v) is 11.7. The van der Waals surface area contributed by atoms with Gasteiger partial charge in [0.2, 0.25) is 0 Å². The van der Waals surface area contributed by atoms with Crippen LogP contribution in [0.15, 0.2) is 57.3 Å². The van der Waals surface area contributed by atoms with Crippen LogP contribution in [0.3, 0.4) is 0 Å². The Kier molecular flexibility index (Phi) is 13.0. The second-order valence-electron chi connectivity index (χ2n) is 8.57. The Hall–Kier alpha value is -3.20. The van der Waals surface area contributed by atoms with Gasteiger partial charge in [-0.2, -0.15) is 0 Å². The van der Waals surface area contributed by atoms with E-state index in [1.807, 2.05) is 38.9 Å². The molecule has 3 aromatic rings. The molecule has 37 heavy (non-hydrogen) atoms. The molecule has 0 spiro atoms. The van der Waals surface area contributed by atoms with E-state index in [1.54, 1.807) is 31.2 Å². The van der Waals surface area contributed by atoms with Gasteiger partial charge in [0.15, 0.2) is 12.0 Å². The van der Waals surface area contributed by atoms with Crippen LogP contribution in [0.4, 0.5) is 0 Å². The van der Waals surface area contributed by atoms with Gasteiger partial charge in [0, 0.05) is 29.3 Å². The summed E-state index contributed by atoms with van der Waals surface area (Å²) in [6.45, 7) is 6.48. The van der Waals surface area contributed by atoms with E-state index < -0.39 is 0 Å². The Morgan fingerprint density at radius 2 is 1.78 bits per heavy atom. The molecule has 2 N–H and O–H groups in total. The van der Waals surface area contributed by atoms with Crippen molar-refractivity contribution in [3.63, 3.8) is 0 Å². The van der Waals surface area contributed by atoms with Crippen molar-refractivity contribution in [1.82, 2.24) is 4.90 Å². The Morgan fingerprint density at radius 3 is 2.38 bits per heavy atom. The Bertz CT molecular complexity index is 1260. The van der Waals surface area contributed by atoms with E-state index in [-0.39, 0.29) is 52.9 Å². The maximum absolute atomic E-state index is 11.9. The number of likely N-dealkylation sites (N-methyl/N-ethyl adjacent to an activating group) is 1. The van der Waals surface area contributed by atoms with Crippen molar-refractivity contribution < 1.29 is 28.9 Å². The molecule has 0 radical (unpaired) electrons. The smallest absolute Gasteiger partial charge is 0.344 e. The first-order chi connectivity index (χ1) is 17.0. The molecule has 8 nitrogen and oxygen atoms in total. The SMILES string of the molecule is CC(C)=CCc1c(O)cc2oc(C)cc(=O)c2c1O.CN(C)CCOC(=O)COc1ccc(Cl)cc1.Cl. The molecule has 202 valence electrons. The van der Waals surface area contributed by atoms with Gasteiger partial charge in [-0.15, -0.1) is 12.4 Å². The van der Waals surface area contributed by atoms with Crippen LogP contribution in [0.5, 0.6) is 17.2 Å². The van der Waals surface area contributed by atoms with Crippen LogP contribution in [0.25, 0.3) is 11.0 Å². The lowest BCUT2D eigenvalue weighted by Gasteiger charge is -2.10. The third kappa shape index (κ3) is 10.4. The van der Waals surface area contributed by atoms with E-state index in [1.165, 1.54) is 12.1 Å². The number of hydrogen-bond acceptors (Lipinski definition) is 8. The van der Waals surface area contributed by atoms with E-state index >= 15 is 0 Å². The predicted octanol–water partition coefficient (Wildman–Crippen LogP) is 5.27. The minimum atomic E-state index is -0.373. The third-order valence-electron chi connectivity index (χ3n) is 4.88. The van der Waals surface area contributed by atoms with E-state index in [4.69, 9.17) is 25.5 Å². The van der Waals surface area contributed by atoms with Crippen molar-refractivity contribution in [2.75, 3.05) is 33.9 Å². The topological polar surface area (TPSA) is 109 Å². The minimum absolute atomic E-state index is 0. The number of esters is 1. The lowest BCUT2D eigenvalue weighted by molar-refractivity contribution is -0.146. The largest absolute Gasteiger partial charge is 0.507 e. The number of nitrogens with zero attached hydrogens (tertiary/aromatic N) is 1. The van der Waals surface area contributed by atoms with Crippen LogP contribution >= 0.6 is 24.0 Å². The zero-order chi connectivity index (χ0) is 26.8. The summed E-state index contributed by atoms with van der Waals surface area (Å²) in [5, 5.41) is 20.8. The fourth-order valence-electron chi connectivity index (χ4n) is 3.01. The first-order valence-electron chi connectivity index (χ1n) is 11.3. The van der Waals surface area contributed by atoms with Crippen molar-refractivity contribution in [2.24, 2.45) is 0 Å². The van der Waals surface area contributed by atoms with Crippen molar-refractivity contribution in [1.29, 1.82) is 0 Å². The number of phenolic OH excluding ortho intramolecular Hbond substituents is 2.